The smallest absolute Gasteiger partial charge is 0.132 e. The van der Waals surface area contributed by atoms with Crippen LogP contribution < -0.4 is 0 Å². The summed E-state index contributed by atoms with van der Waals surface area (Å²) in [5.74, 6) is 0.178. The Morgan fingerprint density at radius 1 is 0.758 bits per heavy atom. The first kappa shape index (κ1) is 20.6. The van der Waals surface area contributed by atoms with Crippen LogP contribution in [0.4, 0.5) is 0 Å². The number of rotatable bonds is 4. The van der Waals surface area contributed by atoms with Gasteiger partial charge in [0, 0.05) is 16.6 Å². The molecule has 0 aliphatic carbocycles. The van der Waals surface area contributed by atoms with Gasteiger partial charge in [0.15, 0.2) is 0 Å². The number of nitriles is 1. The van der Waals surface area contributed by atoms with Gasteiger partial charge in [0.25, 0.3) is 0 Å². The van der Waals surface area contributed by atoms with Gasteiger partial charge in [-0.2, -0.15) is 5.26 Å². The molecule has 0 aliphatic rings. The fourth-order valence-electron chi connectivity index (χ4n) is 4.67. The fourth-order valence-corrected chi connectivity index (χ4v) is 4.67. The highest BCUT2D eigenvalue weighted by Gasteiger charge is 2.37. The minimum Gasteiger partial charge on any atom is -0.508 e. The van der Waals surface area contributed by atoms with Crippen LogP contribution in [0, 0.1) is 25.2 Å². The van der Waals surface area contributed by atoms with Crippen LogP contribution in [0.15, 0.2) is 97.1 Å². The Balaban J connectivity index is 1.76. The molecule has 0 fully saturated rings. The van der Waals surface area contributed by atoms with E-state index in [1.165, 1.54) is 5.56 Å². The quantitative estimate of drug-likeness (QED) is 0.302. The summed E-state index contributed by atoms with van der Waals surface area (Å²) in [4.78, 5) is 3.59. The van der Waals surface area contributed by atoms with E-state index in [9.17, 15) is 10.4 Å². The maximum atomic E-state index is 10.7. The van der Waals surface area contributed by atoms with Crippen molar-refractivity contribution in [3.63, 3.8) is 0 Å². The van der Waals surface area contributed by atoms with Crippen molar-refractivity contribution in [2.45, 2.75) is 19.3 Å². The van der Waals surface area contributed by atoms with Crippen LogP contribution in [0.2, 0.25) is 0 Å². The lowest BCUT2D eigenvalue weighted by molar-refractivity contribution is 0.475. The number of aromatic nitrogens is 1. The van der Waals surface area contributed by atoms with E-state index in [1.807, 2.05) is 67.6 Å². The molecule has 3 nitrogen and oxygen atoms in total. The van der Waals surface area contributed by atoms with Crippen LogP contribution in [-0.2, 0) is 5.41 Å². The molecule has 0 saturated heterocycles. The highest BCUT2D eigenvalue weighted by atomic mass is 16.3. The van der Waals surface area contributed by atoms with E-state index in [0.717, 1.165) is 44.4 Å². The molecule has 33 heavy (non-hydrogen) atoms. The van der Waals surface area contributed by atoms with E-state index >= 15 is 0 Å². The first-order chi connectivity index (χ1) is 16.0. The van der Waals surface area contributed by atoms with Gasteiger partial charge in [0.2, 0.25) is 0 Å². The number of aromatic amines is 1. The van der Waals surface area contributed by atoms with Crippen LogP contribution in [0.5, 0.6) is 5.75 Å². The van der Waals surface area contributed by atoms with Crippen molar-refractivity contribution in [2.75, 3.05) is 0 Å². The molecule has 0 amide bonds. The summed E-state index contributed by atoms with van der Waals surface area (Å²) < 4.78 is 0. The van der Waals surface area contributed by atoms with Gasteiger partial charge >= 0.3 is 0 Å². The van der Waals surface area contributed by atoms with E-state index in [-0.39, 0.29) is 5.75 Å². The summed E-state index contributed by atoms with van der Waals surface area (Å²) in [6.07, 6.45) is 0. The van der Waals surface area contributed by atoms with Crippen molar-refractivity contribution in [3.05, 3.63) is 125 Å². The number of hydrogen-bond acceptors (Lipinski definition) is 2. The lowest BCUT2D eigenvalue weighted by Crippen LogP contribution is -2.27. The first-order valence-corrected chi connectivity index (χ1v) is 11.0. The third-order valence-electron chi connectivity index (χ3n) is 6.51. The molecule has 0 radical (unpaired) electrons. The van der Waals surface area contributed by atoms with Crippen molar-refractivity contribution in [1.82, 2.24) is 4.98 Å². The van der Waals surface area contributed by atoms with E-state index in [0.29, 0.717) is 0 Å². The van der Waals surface area contributed by atoms with Gasteiger partial charge in [-0.15, -0.1) is 0 Å². The van der Waals surface area contributed by atoms with E-state index in [1.54, 1.807) is 12.1 Å². The highest BCUT2D eigenvalue weighted by molar-refractivity contribution is 5.91. The first-order valence-electron chi connectivity index (χ1n) is 11.0. The molecule has 160 valence electrons. The molecule has 0 saturated carbocycles. The largest absolute Gasteiger partial charge is 0.508 e. The second kappa shape index (κ2) is 8.00. The molecule has 0 spiro atoms. The third-order valence-corrected chi connectivity index (χ3v) is 6.51. The van der Waals surface area contributed by atoms with Gasteiger partial charge in [-0.3, -0.25) is 0 Å². The summed E-state index contributed by atoms with van der Waals surface area (Å²) in [6.45, 7) is 4.16. The van der Waals surface area contributed by atoms with Gasteiger partial charge < -0.3 is 10.1 Å². The summed E-state index contributed by atoms with van der Waals surface area (Å²) in [5, 5.41) is 21.7. The molecule has 1 heterocycles. The average molecular weight is 429 g/mol. The number of fused-ring (bicyclic) bond motifs is 1. The number of hydrogen-bond donors (Lipinski definition) is 2. The summed E-state index contributed by atoms with van der Waals surface area (Å²) in [5.41, 5.74) is 7.12. The number of phenolic OH excluding ortho intramolecular Hbond substituents is 1. The van der Waals surface area contributed by atoms with Crippen molar-refractivity contribution < 1.29 is 5.11 Å². The van der Waals surface area contributed by atoms with Gasteiger partial charge in [-0.1, -0.05) is 84.4 Å². The van der Waals surface area contributed by atoms with Crippen LogP contribution >= 0.6 is 0 Å². The van der Waals surface area contributed by atoms with Crippen LogP contribution in [0.3, 0.4) is 0 Å². The van der Waals surface area contributed by atoms with Crippen LogP contribution in [0.1, 0.15) is 27.8 Å². The molecular weight excluding hydrogens is 404 g/mol. The SMILES string of the molecule is Cc1ccc(C(C#N)(c2ccc(O)cc2)c2ccc3c(C)c(-c4ccccc4)[nH]c3c2)cc1. The second-order valence-corrected chi connectivity index (χ2v) is 8.53. The zero-order valence-corrected chi connectivity index (χ0v) is 18.6. The van der Waals surface area contributed by atoms with Gasteiger partial charge in [0.05, 0.1) is 6.07 Å². The summed E-state index contributed by atoms with van der Waals surface area (Å²) in [6, 6.07) is 34.2. The predicted octanol–water partition coefficient (Wildman–Crippen LogP) is 7.02. The molecule has 4 aromatic carbocycles. The monoisotopic (exact) mass is 428 g/mol. The Kier molecular flexibility index (Phi) is 4.99. The average Bonchev–Trinajstić information content (AvgIpc) is 3.18. The molecule has 5 rings (SSSR count). The van der Waals surface area contributed by atoms with E-state index in [2.05, 4.69) is 42.2 Å². The number of benzene rings is 4. The minimum absolute atomic E-state index is 0.178. The van der Waals surface area contributed by atoms with Gasteiger partial charge in [0.1, 0.15) is 11.2 Å². The Morgan fingerprint density at radius 3 is 2.00 bits per heavy atom. The number of H-pyrrole nitrogens is 1. The topological polar surface area (TPSA) is 59.8 Å². The second-order valence-electron chi connectivity index (χ2n) is 8.53. The Bertz CT molecular complexity index is 1430. The summed E-state index contributed by atoms with van der Waals surface area (Å²) in [7, 11) is 0. The molecule has 0 bridgehead atoms. The van der Waals surface area contributed by atoms with Crippen molar-refractivity contribution in [1.29, 1.82) is 5.26 Å². The highest BCUT2D eigenvalue weighted by Crippen LogP contribution is 2.41. The molecule has 1 aromatic heterocycles. The maximum Gasteiger partial charge on any atom is 0.132 e. The zero-order valence-electron chi connectivity index (χ0n) is 18.6. The summed E-state index contributed by atoms with van der Waals surface area (Å²) >= 11 is 0. The molecule has 5 aromatic rings. The van der Waals surface area contributed by atoms with Gasteiger partial charge in [-0.25, -0.2) is 0 Å². The lowest BCUT2D eigenvalue weighted by atomic mass is 9.70. The lowest BCUT2D eigenvalue weighted by Gasteiger charge is -2.29. The Morgan fingerprint density at radius 2 is 1.36 bits per heavy atom. The molecule has 3 heteroatoms. The molecule has 1 atom stereocenters. The van der Waals surface area contributed by atoms with Crippen LogP contribution in [-0.4, -0.2) is 10.1 Å². The predicted molar refractivity (Wildman–Crippen MR) is 133 cm³/mol. The van der Waals surface area contributed by atoms with Crippen LogP contribution in [0.25, 0.3) is 22.2 Å². The third kappa shape index (κ3) is 3.37. The molecule has 0 aliphatic heterocycles. The Hall–Kier alpha value is -4.29. The number of aryl methyl sites for hydroxylation is 2. The van der Waals surface area contributed by atoms with E-state index < -0.39 is 5.41 Å². The van der Waals surface area contributed by atoms with Crippen molar-refractivity contribution in [2.24, 2.45) is 0 Å². The number of phenols is 1. The van der Waals surface area contributed by atoms with Gasteiger partial charge in [-0.05, 0) is 59.9 Å². The van der Waals surface area contributed by atoms with Crippen molar-refractivity contribution in [3.8, 4) is 23.1 Å². The number of nitrogens with zero attached hydrogens (tertiary/aromatic N) is 1. The standard InChI is InChI=1S/C30H24N2O/c1-20-8-10-23(11-9-20)30(19-31,24-12-15-26(33)16-13-24)25-14-17-27-21(2)29(32-28(27)18-25)22-6-4-3-5-7-22/h3-18,32-33H,1-2H3. The minimum atomic E-state index is -1.01. The normalized spacial score (nSPS) is 12.9. The molecular formula is C30H24N2O. The maximum absolute atomic E-state index is 10.7. The molecule has 1 unspecified atom stereocenters. The fraction of sp³-hybridized carbons (Fsp3) is 0.100. The van der Waals surface area contributed by atoms with Crippen molar-refractivity contribution >= 4 is 10.9 Å². The molecule has 2 N–H and O–H groups in total. The Labute approximate surface area is 193 Å². The number of aromatic hydroxyl groups is 1. The zero-order chi connectivity index (χ0) is 23.0. The number of nitrogens with one attached hydrogen (secondary N) is 1. The van der Waals surface area contributed by atoms with E-state index in [4.69, 9.17) is 0 Å².